The third kappa shape index (κ3) is 6.76. The van der Waals surface area contributed by atoms with Gasteiger partial charge in [0.2, 0.25) is 0 Å². The monoisotopic (exact) mass is 268 g/mol. The minimum Gasteiger partial charge on any atom is -1.00 e. The number of hydrogen-bond donors (Lipinski definition) is 2. The third-order valence-electron chi connectivity index (χ3n) is 2.04. The van der Waals surface area contributed by atoms with Gasteiger partial charge < -0.3 is 11.6 Å². The molecule has 0 heterocycles. The summed E-state index contributed by atoms with van der Waals surface area (Å²) in [5, 5.41) is 16.8. The van der Waals surface area contributed by atoms with E-state index in [4.69, 9.17) is 10.2 Å². The topological polar surface area (TPSA) is 74.6 Å². The second kappa shape index (κ2) is 9.33. The first-order valence-electron chi connectivity index (χ1n) is 5.18. The van der Waals surface area contributed by atoms with Crippen LogP contribution in [-0.4, -0.2) is 22.2 Å². The fraction of sp³-hybridized carbons (Fsp3) is 0. The van der Waals surface area contributed by atoms with Crippen molar-refractivity contribution in [2.45, 2.75) is 0 Å². The SMILES string of the molecule is O=C(O)c1ccccc1.O=C(O)c1ccccc1.[H-].[Na+]. The van der Waals surface area contributed by atoms with Crippen molar-refractivity contribution in [3.05, 3.63) is 71.8 Å². The molecule has 2 rings (SSSR count). The third-order valence-corrected chi connectivity index (χ3v) is 2.04. The Morgan fingerprint density at radius 2 is 0.947 bits per heavy atom. The molecule has 4 nitrogen and oxygen atoms in total. The molecule has 0 aliphatic rings. The second-order valence-corrected chi connectivity index (χ2v) is 3.34. The van der Waals surface area contributed by atoms with E-state index in [-0.39, 0.29) is 31.0 Å². The van der Waals surface area contributed by atoms with E-state index in [1.54, 1.807) is 60.7 Å². The Hall–Kier alpha value is -1.62. The van der Waals surface area contributed by atoms with Crippen molar-refractivity contribution in [3.63, 3.8) is 0 Å². The van der Waals surface area contributed by atoms with Gasteiger partial charge >= 0.3 is 41.5 Å². The van der Waals surface area contributed by atoms with Crippen molar-refractivity contribution in [1.82, 2.24) is 0 Å². The van der Waals surface area contributed by atoms with Crippen molar-refractivity contribution in [2.75, 3.05) is 0 Å². The fourth-order valence-electron chi connectivity index (χ4n) is 1.16. The zero-order valence-corrected chi connectivity index (χ0v) is 12.5. The van der Waals surface area contributed by atoms with Crippen molar-refractivity contribution in [3.8, 4) is 0 Å². The van der Waals surface area contributed by atoms with Gasteiger partial charge in [-0.2, -0.15) is 0 Å². The molecule has 0 atom stereocenters. The van der Waals surface area contributed by atoms with Crippen LogP contribution < -0.4 is 29.6 Å². The number of hydrogen-bond acceptors (Lipinski definition) is 2. The minimum atomic E-state index is -0.879. The van der Waals surface area contributed by atoms with Crippen LogP contribution in [0.3, 0.4) is 0 Å². The van der Waals surface area contributed by atoms with Gasteiger partial charge in [0.15, 0.2) is 0 Å². The summed E-state index contributed by atoms with van der Waals surface area (Å²) in [5.74, 6) is -1.76. The van der Waals surface area contributed by atoms with Crippen LogP contribution in [0.5, 0.6) is 0 Å². The normalized spacial score (nSPS) is 8.42. The van der Waals surface area contributed by atoms with Gasteiger partial charge in [-0.15, -0.1) is 0 Å². The van der Waals surface area contributed by atoms with Crippen LogP contribution >= 0.6 is 0 Å². The number of rotatable bonds is 2. The van der Waals surface area contributed by atoms with E-state index in [9.17, 15) is 9.59 Å². The molecule has 0 bridgehead atoms. The smallest absolute Gasteiger partial charge is 1.00 e. The van der Waals surface area contributed by atoms with Gasteiger partial charge in [0.25, 0.3) is 0 Å². The summed E-state index contributed by atoms with van der Waals surface area (Å²) in [6.45, 7) is 0. The zero-order chi connectivity index (χ0) is 13.4. The Morgan fingerprint density at radius 3 is 1.11 bits per heavy atom. The van der Waals surface area contributed by atoms with Crippen molar-refractivity contribution in [2.24, 2.45) is 0 Å². The average Bonchev–Trinajstić information content (AvgIpc) is 2.41. The van der Waals surface area contributed by atoms with Crippen LogP contribution in [0.4, 0.5) is 0 Å². The summed E-state index contributed by atoms with van der Waals surface area (Å²) >= 11 is 0. The summed E-state index contributed by atoms with van der Waals surface area (Å²) in [7, 11) is 0. The first kappa shape index (κ1) is 17.4. The molecule has 0 aromatic heterocycles. The van der Waals surface area contributed by atoms with E-state index < -0.39 is 11.9 Å². The molecule has 2 N–H and O–H groups in total. The molecule has 0 amide bonds. The molecule has 0 radical (unpaired) electrons. The van der Waals surface area contributed by atoms with E-state index in [1.807, 2.05) is 0 Å². The van der Waals surface area contributed by atoms with Gasteiger partial charge in [-0.05, 0) is 24.3 Å². The van der Waals surface area contributed by atoms with Gasteiger partial charge in [0, 0.05) is 0 Å². The molecule has 2 aromatic carbocycles. The zero-order valence-electron chi connectivity index (χ0n) is 11.5. The standard InChI is InChI=1S/2C7H6O2.Na.H/c2*8-7(9)6-4-2-1-3-5-6;;/h2*1-5H,(H,8,9);;/q;;+1;-1. The molecule has 0 saturated carbocycles. The number of aromatic carboxylic acids is 2. The molecular formula is C14H13NaO4. The van der Waals surface area contributed by atoms with E-state index in [0.717, 1.165) is 0 Å². The molecule has 19 heavy (non-hydrogen) atoms. The van der Waals surface area contributed by atoms with E-state index in [1.165, 1.54) is 0 Å². The number of carbonyl (C=O) groups is 2. The molecule has 0 aliphatic heterocycles. The molecule has 0 saturated heterocycles. The Balaban J connectivity index is 0. The van der Waals surface area contributed by atoms with Gasteiger partial charge in [-0.25, -0.2) is 9.59 Å². The predicted molar refractivity (Wildman–Crippen MR) is 67.9 cm³/mol. The molecule has 0 spiro atoms. The molecular weight excluding hydrogens is 255 g/mol. The summed E-state index contributed by atoms with van der Waals surface area (Å²) < 4.78 is 0. The van der Waals surface area contributed by atoms with E-state index in [2.05, 4.69) is 0 Å². The van der Waals surface area contributed by atoms with Gasteiger partial charge in [0.1, 0.15) is 0 Å². The van der Waals surface area contributed by atoms with Crippen LogP contribution in [0, 0.1) is 0 Å². The summed E-state index contributed by atoms with van der Waals surface area (Å²) in [5.41, 5.74) is 0.662. The Labute approximate surface area is 134 Å². The van der Waals surface area contributed by atoms with Gasteiger partial charge in [-0.3, -0.25) is 0 Å². The molecule has 5 heteroatoms. The van der Waals surface area contributed by atoms with Gasteiger partial charge in [-0.1, -0.05) is 36.4 Å². The first-order valence-corrected chi connectivity index (χ1v) is 5.18. The largest absolute Gasteiger partial charge is 1.00 e. The minimum absolute atomic E-state index is 0. The van der Waals surface area contributed by atoms with Gasteiger partial charge in [0.05, 0.1) is 11.1 Å². The van der Waals surface area contributed by atoms with Crippen molar-refractivity contribution < 1.29 is 50.8 Å². The maximum Gasteiger partial charge on any atom is 1.00 e. The summed E-state index contributed by atoms with van der Waals surface area (Å²) in [4.78, 5) is 20.4. The maximum atomic E-state index is 10.2. The van der Waals surface area contributed by atoms with E-state index in [0.29, 0.717) is 11.1 Å². The fourth-order valence-corrected chi connectivity index (χ4v) is 1.16. The maximum absolute atomic E-state index is 10.2. The van der Waals surface area contributed by atoms with Crippen molar-refractivity contribution in [1.29, 1.82) is 0 Å². The summed E-state index contributed by atoms with van der Waals surface area (Å²) in [6.07, 6.45) is 0. The van der Waals surface area contributed by atoms with Crippen LogP contribution in [0.15, 0.2) is 60.7 Å². The predicted octanol–water partition coefficient (Wildman–Crippen LogP) is -0.114. The Morgan fingerprint density at radius 1 is 0.684 bits per heavy atom. The average molecular weight is 268 g/mol. The Kier molecular flexibility index (Phi) is 8.53. The molecule has 0 fully saturated rings. The molecule has 94 valence electrons. The second-order valence-electron chi connectivity index (χ2n) is 3.34. The quantitative estimate of drug-likeness (QED) is 0.745. The molecule has 0 unspecified atom stereocenters. The molecule has 2 aromatic rings. The van der Waals surface area contributed by atoms with Crippen LogP contribution in [0.2, 0.25) is 0 Å². The number of carboxylic acids is 2. The summed E-state index contributed by atoms with van der Waals surface area (Å²) in [6, 6.07) is 16.6. The van der Waals surface area contributed by atoms with Crippen LogP contribution in [0.1, 0.15) is 22.1 Å². The van der Waals surface area contributed by atoms with Crippen LogP contribution in [-0.2, 0) is 0 Å². The number of benzene rings is 2. The van der Waals surface area contributed by atoms with Crippen LogP contribution in [0.25, 0.3) is 0 Å². The van der Waals surface area contributed by atoms with Crippen molar-refractivity contribution >= 4 is 11.9 Å². The molecule has 0 aliphatic carbocycles. The Bertz CT molecular complexity index is 468. The first-order chi connectivity index (χ1) is 8.61. The number of carboxylic acid groups (broad SMARTS) is 2. The van der Waals surface area contributed by atoms with E-state index >= 15 is 0 Å².